The Morgan fingerprint density at radius 3 is 2.63 bits per heavy atom. The first-order valence-corrected chi connectivity index (χ1v) is 7.61. The maximum absolute atomic E-state index is 2.48. The second-order valence-corrected chi connectivity index (χ2v) is 6.06. The molecule has 2 aliphatic rings. The van der Waals surface area contributed by atoms with E-state index in [-0.39, 0.29) is 0 Å². The van der Waals surface area contributed by atoms with Crippen molar-refractivity contribution in [2.75, 3.05) is 0 Å². The summed E-state index contributed by atoms with van der Waals surface area (Å²) in [6, 6.07) is 13.5. The lowest BCUT2D eigenvalue weighted by Gasteiger charge is -2.27. The van der Waals surface area contributed by atoms with Gasteiger partial charge < -0.3 is 0 Å². The quantitative estimate of drug-likeness (QED) is 0.606. The Kier molecular flexibility index (Phi) is 2.69. The molecule has 19 heavy (non-hydrogen) atoms. The average molecular weight is 248 g/mol. The van der Waals surface area contributed by atoms with Crippen molar-refractivity contribution in [2.45, 2.75) is 38.0 Å². The van der Waals surface area contributed by atoms with Gasteiger partial charge in [-0.05, 0) is 47.1 Å². The summed E-state index contributed by atoms with van der Waals surface area (Å²) in [4.78, 5) is 0. The van der Waals surface area contributed by atoms with Gasteiger partial charge >= 0.3 is 0 Å². The minimum atomic E-state index is 0.677. The smallest absolute Gasteiger partial charge is 0.00494 e. The number of benzene rings is 2. The van der Waals surface area contributed by atoms with Gasteiger partial charge in [-0.1, -0.05) is 61.4 Å². The monoisotopic (exact) mass is 248 g/mol. The molecular weight excluding hydrogens is 228 g/mol. The number of hydrogen-bond acceptors (Lipinski definition) is 0. The van der Waals surface area contributed by atoms with E-state index < -0.39 is 0 Å². The molecule has 2 aromatic rings. The summed E-state index contributed by atoms with van der Waals surface area (Å²) in [7, 11) is 0. The summed E-state index contributed by atoms with van der Waals surface area (Å²) in [5, 5.41) is 2.86. The Morgan fingerprint density at radius 1 is 0.895 bits per heavy atom. The first kappa shape index (κ1) is 11.3. The third-order valence-electron chi connectivity index (χ3n) is 5.01. The first-order chi connectivity index (χ1) is 9.43. The Hall–Kier alpha value is -1.56. The zero-order valence-electron chi connectivity index (χ0n) is 11.3. The van der Waals surface area contributed by atoms with Gasteiger partial charge in [0.2, 0.25) is 0 Å². The summed E-state index contributed by atoms with van der Waals surface area (Å²) in [5.41, 5.74) is 3.19. The van der Waals surface area contributed by atoms with Crippen molar-refractivity contribution in [2.24, 2.45) is 5.92 Å². The highest BCUT2D eigenvalue weighted by Gasteiger charge is 2.27. The van der Waals surface area contributed by atoms with Crippen LogP contribution in [0.25, 0.3) is 10.8 Å². The number of rotatable bonds is 1. The summed E-state index contributed by atoms with van der Waals surface area (Å²) in [6.07, 6.45) is 11.7. The molecule has 1 fully saturated rings. The molecule has 2 aromatic carbocycles. The standard InChI is InChI=1S/C19H20/c1-2-7-14(6-1)17-10-5-11-18-16-9-4-3-8-15(16)12-13-19(17)18/h3-5,8-10,12-14,17H,1-2,6-7,11H2. The van der Waals surface area contributed by atoms with E-state index in [0.717, 1.165) is 12.3 Å². The molecule has 96 valence electrons. The van der Waals surface area contributed by atoms with Crippen LogP contribution in [-0.4, -0.2) is 0 Å². The van der Waals surface area contributed by atoms with Crippen molar-refractivity contribution in [3.63, 3.8) is 0 Å². The van der Waals surface area contributed by atoms with Crippen LogP contribution in [0, 0.1) is 5.92 Å². The van der Waals surface area contributed by atoms with Gasteiger partial charge in [-0.15, -0.1) is 0 Å². The molecule has 0 saturated heterocycles. The Labute approximate surface area is 115 Å². The van der Waals surface area contributed by atoms with Crippen LogP contribution in [-0.2, 0) is 6.42 Å². The predicted molar refractivity (Wildman–Crippen MR) is 81.5 cm³/mol. The molecular formula is C19H20. The summed E-state index contributed by atoms with van der Waals surface area (Å²) < 4.78 is 0. The zero-order chi connectivity index (χ0) is 12.7. The second-order valence-electron chi connectivity index (χ2n) is 6.06. The van der Waals surface area contributed by atoms with Crippen LogP contribution < -0.4 is 0 Å². The minimum absolute atomic E-state index is 0.677. The molecule has 0 heteroatoms. The summed E-state index contributed by atoms with van der Waals surface area (Å²) in [5.74, 6) is 1.56. The van der Waals surface area contributed by atoms with Crippen LogP contribution in [0.4, 0.5) is 0 Å². The molecule has 1 atom stereocenters. The van der Waals surface area contributed by atoms with Crippen molar-refractivity contribution in [1.29, 1.82) is 0 Å². The largest absolute Gasteiger partial charge is 0.0835 e. The van der Waals surface area contributed by atoms with Crippen LogP contribution in [0.15, 0.2) is 48.6 Å². The molecule has 0 aliphatic heterocycles. The molecule has 0 heterocycles. The van der Waals surface area contributed by atoms with E-state index in [1.165, 1.54) is 36.5 Å². The summed E-state index contributed by atoms with van der Waals surface area (Å²) in [6.45, 7) is 0. The van der Waals surface area contributed by atoms with Crippen molar-refractivity contribution in [3.05, 3.63) is 59.7 Å². The molecule has 0 spiro atoms. The van der Waals surface area contributed by atoms with Gasteiger partial charge in [0.25, 0.3) is 0 Å². The highest BCUT2D eigenvalue weighted by molar-refractivity contribution is 5.87. The van der Waals surface area contributed by atoms with Crippen LogP contribution in [0.5, 0.6) is 0 Å². The van der Waals surface area contributed by atoms with Crippen LogP contribution in [0.2, 0.25) is 0 Å². The fourth-order valence-corrected chi connectivity index (χ4v) is 4.06. The van der Waals surface area contributed by atoms with Crippen molar-refractivity contribution in [1.82, 2.24) is 0 Å². The Bertz CT molecular complexity index is 630. The fraction of sp³-hybridized carbons (Fsp3) is 0.368. The topological polar surface area (TPSA) is 0 Å². The molecule has 0 aromatic heterocycles. The lowest BCUT2D eigenvalue weighted by molar-refractivity contribution is 0.488. The first-order valence-electron chi connectivity index (χ1n) is 7.61. The van der Waals surface area contributed by atoms with E-state index in [2.05, 4.69) is 48.6 Å². The summed E-state index contributed by atoms with van der Waals surface area (Å²) >= 11 is 0. The lowest BCUT2D eigenvalue weighted by atomic mass is 9.77. The molecule has 0 nitrogen and oxygen atoms in total. The van der Waals surface area contributed by atoms with Crippen molar-refractivity contribution >= 4 is 10.8 Å². The molecule has 0 N–H and O–H groups in total. The molecule has 1 saturated carbocycles. The van der Waals surface area contributed by atoms with Crippen LogP contribution >= 0.6 is 0 Å². The average Bonchev–Trinajstić information content (AvgIpc) is 3.00. The fourth-order valence-electron chi connectivity index (χ4n) is 4.06. The van der Waals surface area contributed by atoms with E-state index in [1.807, 2.05) is 0 Å². The van der Waals surface area contributed by atoms with Crippen LogP contribution in [0.1, 0.15) is 42.7 Å². The van der Waals surface area contributed by atoms with Crippen molar-refractivity contribution < 1.29 is 0 Å². The molecule has 0 bridgehead atoms. The molecule has 0 radical (unpaired) electrons. The van der Waals surface area contributed by atoms with Gasteiger partial charge in [0.15, 0.2) is 0 Å². The Balaban J connectivity index is 1.86. The van der Waals surface area contributed by atoms with E-state index >= 15 is 0 Å². The minimum Gasteiger partial charge on any atom is -0.0835 e. The SMILES string of the molecule is C1=CC(C2CCCC2)c2ccc3ccccc3c2C1. The number of allylic oxidation sites excluding steroid dienone is 2. The van der Waals surface area contributed by atoms with Gasteiger partial charge in [0.1, 0.15) is 0 Å². The molecule has 2 aliphatic carbocycles. The number of hydrogen-bond donors (Lipinski definition) is 0. The predicted octanol–water partition coefficient (Wildman–Crippen LogP) is 5.23. The maximum Gasteiger partial charge on any atom is 0.00494 e. The third kappa shape index (κ3) is 1.82. The highest BCUT2D eigenvalue weighted by atomic mass is 14.3. The van der Waals surface area contributed by atoms with Crippen LogP contribution in [0.3, 0.4) is 0 Å². The van der Waals surface area contributed by atoms with E-state index in [9.17, 15) is 0 Å². The van der Waals surface area contributed by atoms with E-state index in [0.29, 0.717) is 5.92 Å². The maximum atomic E-state index is 2.48. The van der Waals surface area contributed by atoms with E-state index in [1.54, 1.807) is 11.1 Å². The van der Waals surface area contributed by atoms with Gasteiger partial charge in [-0.3, -0.25) is 0 Å². The van der Waals surface area contributed by atoms with Gasteiger partial charge in [0, 0.05) is 5.92 Å². The zero-order valence-corrected chi connectivity index (χ0v) is 11.3. The molecule has 4 rings (SSSR count). The second kappa shape index (κ2) is 4.52. The van der Waals surface area contributed by atoms with Gasteiger partial charge in [-0.2, -0.15) is 0 Å². The lowest BCUT2D eigenvalue weighted by Crippen LogP contribution is -2.13. The number of fused-ring (bicyclic) bond motifs is 3. The van der Waals surface area contributed by atoms with Crippen molar-refractivity contribution in [3.8, 4) is 0 Å². The highest BCUT2D eigenvalue weighted by Crippen LogP contribution is 2.42. The van der Waals surface area contributed by atoms with Gasteiger partial charge in [-0.25, -0.2) is 0 Å². The van der Waals surface area contributed by atoms with E-state index in [4.69, 9.17) is 0 Å². The molecule has 1 unspecified atom stereocenters. The van der Waals surface area contributed by atoms with Gasteiger partial charge in [0.05, 0.1) is 0 Å². The normalized spacial score (nSPS) is 22.8. The molecule has 0 amide bonds. The Morgan fingerprint density at radius 2 is 1.74 bits per heavy atom. The third-order valence-corrected chi connectivity index (χ3v) is 5.01.